The minimum atomic E-state index is 0.269. The molecule has 3 aliphatic rings. The minimum absolute atomic E-state index is 0.269. The molecule has 0 aliphatic heterocycles. The maximum atomic E-state index is 12.0. The predicted molar refractivity (Wildman–Crippen MR) is 84.0 cm³/mol. The molecule has 1 N–H and O–H groups in total. The monoisotopic (exact) mass is 293 g/mol. The molecule has 1 amide bonds. The van der Waals surface area contributed by atoms with E-state index in [9.17, 15) is 4.79 Å². The Hall–Kier alpha value is -0.570. The Bertz CT molecular complexity index is 338. The average molecular weight is 293 g/mol. The van der Waals surface area contributed by atoms with Crippen molar-refractivity contribution in [1.82, 2.24) is 5.32 Å². The van der Waals surface area contributed by atoms with Crippen LogP contribution in [0.5, 0.6) is 0 Å². The summed E-state index contributed by atoms with van der Waals surface area (Å²) in [6.45, 7) is 1.59. The molecule has 0 radical (unpaired) electrons. The van der Waals surface area contributed by atoms with Crippen LogP contribution in [0.1, 0.15) is 70.6 Å². The molecule has 3 saturated carbocycles. The molecule has 3 nitrogen and oxygen atoms in total. The summed E-state index contributed by atoms with van der Waals surface area (Å²) in [5.41, 5.74) is 0. The van der Waals surface area contributed by atoms with E-state index in [1.54, 1.807) is 0 Å². The largest absolute Gasteiger partial charge is 0.378 e. The number of carbonyl (C=O) groups is 1. The van der Waals surface area contributed by atoms with Gasteiger partial charge in [-0.3, -0.25) is 4.79 Å². The third kappa shape index (κ3) is 4.45. The summed E-state index contributed by atoms with van der Waals surface area (Å²) in [6.07, 6.45) is 14.2. The zero-order valence-corrected chi connectivity index (χ0v) is 13.3. The average Bonchev–Trinajstić information content (AvgIpc) is 3.10. The Balaban J connectivity index is 1.21. The fourth-order valence-corrected chi connectivity index (χ4v) is 4.72. The molecule has 3 fully saturated rings. The molecule has 0 unspecified atom stereocenters. The number of carbonyl (C=O) groups excluding carboxylic acids is 1. The van der Waals surface area contributed by atoms with Gasteiger partial charge in [-0.1, -0.05) is 25.7 Å². The molecule has 3 aliphatic carbocycles. The van der Waals surface area contributed by atoms with Crippen LogP contribution in [0.15, 0.2) is 0 Å². The van der Waals surface area contributed by atoms with Crippen LogP contribution in [-0.2, 0) is 9.53 Å². The van der Waals surface area contributed by atoms with E-state index in [0.29, 0.717) is 12.0 Å². The van der Waals surface area contributed by atoms with Crippen molar-refractivity contribution in [2.45, 2.75) is 76.7 Å². The number of nitrogens with one attached hydrogen (secondary N) is 1. The van der Waals surface area contributed by atoms with Crippen molar-refractivity contribution in [2.75, 3.05) is 13.2 Å². The molecule has 0 heterocycles. The van der Waals surface area contributed by atoms with E-state index >= 15 is 0 Å². The molecule has 3 rings (SSSR count). The Morgan fingerprint density at radius 2 is 1.90 bits per heavy atom. The zero-order chi connectivity index (χ0) is 14.5. The van der Waals surface area contributed by atoms with Crippen LogP contribution < -0.4 is 5.32 Å². The normalized spacial score (nSPS) is 32.5. The summed E-state index contributed by atoms with van der Waals surface area (Å²) < 4.78 is 5.89. The molecule has 0 aromatic carbocycles. The Morgan fingerprint density at radius 3 is 2.62 bits per heavy atom. The van der Waals surface area contributed by atoms with Crippen molar-refractivity contribution in [3.63, 3.8) is 0 Å². The van der Waals surface area contributed by atoms with Crippen LogP contribution in [0, 0.1) is 17.8 Å². The standard InChI is InChI=1S/C18H31NO2/c20-18(13-16-12-14-7-8-15(16)11-14)19-9-4-10-21-17-5-2-1-3-6-17/h14-17H,1-13H2,(H,19,20)/t14-,15-,16+/m0/s1. The molecule has 0 saturated heterocycles. The lowest BCUT2D eigenvalue weighted by Crippen LogP contribution is -2.29. The third-order valence-electron chi connectivity index (χ3n) is 5.88. The summed E-state index contributed by atoms with van der Waals surface area (Å²) in [4.78, 5) is 12.0. The molecule has 120 valence electrons. The summed E-state index contributed by atoms with van der Waals surface area (Å²) >= 11 is 0. The number of amides is 1. The van der Waals surface area contributed by atoms with Crippen LogP contribution in [0.2, 0.25) is 0 Å². The van der Waals surface area contributed by atoms with Gasteiger partial charge in [0.25, 0.3) is 0 Å². The summed E-state index contributed by atoms with van der Waals surface area (Å²) in [6, 6.07) is 0. The third-order valence-corrected chi connectivity index (χ3v) is 5.88. The van der Waals surface area contributed by atoms with Crippen molar-refractivity contribution in [2.24, 2.45) is 17.8 Å². The molecule has 3 atom stereocenters. The Kier molecular flexibility index (Phi) is 5.56. The second-order valence-electron chi connectivity index (χ2n) is 7.47. The molecule has 0 spiro atoms. The SMILES string of the molecule is O=C(C[C@H]1C[C@H]2CC[C@H]1C2)NCCCOC1CCCCC1. The lowest BCUT2D eigenvalue weighted by molar-refractivity contribution is -0.122. The quantitative estimate of drug-likeness (QED) is 0.727. The van der Waals surface area contributed by atoms with Gasteiger partial charge in [-0.05, 0) is 56.3 Å². The fraction of sp³-hybridized carbons (Fsp3) is 0.944. The number of hydrogen-bond acceptors (Lipinski definition) is 2. The molecular formula is C18H31NO2. The van der Waals surface area contributed by atoms with Gasteiger partial charge in [-0.15, -0.1) is 0 Å². The van der Waals surface area contributed by atoms with Crippen molar-refractivity contribution in [3.8, 4) is 0 Å². The second kappa shape index (κ2) is 7.62. The number of fused-ring (bicyclic) bond motifs is 2. The van der Waals surface area contributed by atoms with Crippen molar-refractivity contribution >= 4 is 5.91 Å². The second-order valence-corrected chi connectivity index (χ2v) is 7.47. The van der Waals surface area contributed by atoms with E-state index in [0.717, 1.165) is 37.8 Å². The van der Waals surface area contributed by atoms with Crippen LogP contribution in [0.25, 0.3) is 0 Å². The first kappa shape index (κ1) is 15.3. The van der Waals surface area contributed by atoms with Gasteiger partial charge in [0.05, 0.1) is 6.10 Å². The van der Waals surface area contributed by atoms with Crippen LogP contribution in [0.4, 0.5) is 0 Å². The van der Waals surface area contributed by atoms with Gasteiger partial charge in [0.2, 0.25) is 5.91 Å². The lowest BCUT2D eigenvalue weighted by atomic mass is 9.86. The van der Waals surface area contributed by atoms with Crippen molar-refractivity contribution < 1.29 is 9.53 Å². The van der Waals surface area contributed by atoms with E-state index in [4.69, 9.17) is 4.74 Å². The van der Waals surface area contributed by atoms with E-state index in [1.807, 2.05) is 0 Å². The number of rotatable bonds is 7. The van der Waals surface area contributed by atoms with Gasteiger partial charge in [0.1, 0.15) is 0 Å². The van der Waals surface area contributed by atoms with Crippen molar-refractivity contribution in [3.05, 3.63) is 0 Å². The first-order valence-corrected chi connectivity index (χ1v) is 9.19. The van der Waals surface area contributed by atoms with Gasteiger partial charge in [-0.2, -0.15) is 0 Å². The van der Waals surface area contributed by atoms with Gasteiger partial charge in [0.15, 0.2) is 0 Å². The van der Waals surface area contributed by atoms with Gasteiger partial charge in [0, 0.05) is 19.6 Å². The van der Waals surface area contributed by atoms with E-state index in [-0.39, 0.29) is 5.91 Å². The minimum Gasteiger partial charge on any atom is -0.378 e. The first-order chi connectivity index (χ1) is 10.3. The molecule has 0 aromatic heterocycles. The Labute approximate surface area is 129 Å². The van der Waals surface area contributed by atoms with E-state index in [1.165, 1.54) is 57.8 Å². The van der Waals surface area contributed by atoms with Gasteiger partial charge in [-0.25, -0.2) is 0 Å². The summed E-state index contributed by atoms with van der Waals surface area (Å²) in [7, 11) is 0. The van der Waals surface area contributed by atoms with Gasteiger partial charge >= 0.3 is 0 Å². The highest BCUT2D eigenvalue weighted by Crippen LogP contribution is 2.49. The van der Waals surface area contributed by atoms with E-state index in [2.05, 4.69) is 5.32 Å². The maximum Gasteiger partial charge on any atom is 0.220 e. The van der Waals surface area contributed by atoms with Crippen molar-refractivity contribution in [1.29, 1.82) is 0 Å². The van der Waals surface area contributed by atoms with E-state index < -0.39 is 0 Å². The Morgan fingerprint density at radius 1 is 1.05 bits per heavy atom. The fourth-order valence-electron chi connectivity index (χ4n) is 4.72. The summed E-state index contributed by atoms with van der Waals surface area (Å²) in [5.74, 6) is 2.75. The smallest absolute Gasteiger partial charge is 0.220 e. The number of ether oxygens (including phenoxy) is 1. The highest BCUT2D eigenvalue weighted by Gasteiger charge is 2.39. The maximum absolute atomic E-state index is 12.0. The molecular weight excluding hydrogens is 262 g/mol. The lowest BCUT2D eigenvalue weighted by Gasteiger charge is -2.22. The van der Waals surface area contributed by atoms with Crippen LogP contribution in [-0.4, -0.2) is 25.2 Å². The molecule has 0 aromatic rings. The molecule has 3 heteroatoms. The highest BCUT2D eigenvalue weighted by atomic mass is 16.5. The highest BCUT2D eigenvalue weighted by molar-refractivity contribution is 5.76. The zero-order valence-electron chi connectivity index (χ0n) is 13.3. The van der Waals surface area contributed by atoms with Crippen LogP contribution in [0.3, 0.4) is 0 Å². The van der Waals surface area contributed by atoms with Crippen LogP contribution >= 0.6 is 0 Å². The molecule has 2 bridgehead atoms. The first-order valence-electron chi connectivity index (χ1n) is 9.19. The van der Waals surface area contributed by atoms with Gasteiger partial charge < -0.3 is 10.1 Å². The topological polar surface area (TPSA) is 38.3 Å². The summed E-state index contributed by atoms with van der Waals surface area (Å²) in [5, 5.41) is 3.09. The molecule has 21 heavy (non-hydrogen) atoms. The number of hydrogen-bond donors (Lipinski definition) is 1. The predicted octanol–water partition coefficient (Wildman–Crippen LogP) is 3.67.